The topological polar surface area (TPSA) is 161 Å². The lowest BCUT2D eigenvalue weighted by Gasteiger charge is -2.16. The standard InChI is InChI=1S/C20H15BrN6O3/c1-10-16(29)12(8-23)6-13(9-28)17(10)30-19-15(21)18(24)26-20(27-19)25-14-4-2-11(7-22)3-5-14/h2-6,28-29H,9H2,1H3,(H3,24,25,26,27). The van der Waals surface area contributed by atoms with Gasteiger partial charge in [0.05, 0.1) is 23.8 Å². The minimum atomic E-state index is -0.417. The van der Waals surface area contributed by atoms with E-state index in [1.54, 1.807) is 31.2 Å². The van der Waals surface area contributed by atoms with E-state index in [9.17, 15) is 10.2 Å². The molecule has 30 heavy (non-hydrogen) atoms. The smallest absolute Gasteiger partial charge is 0.240 e. The van der Waals surface area contributed by atoms with Crippen LogP contribution >= 0.6 is 15.9 Å². The molecule has 1 aromatic heterocycles. The first-order chi connectivity index (χ1) is 14.4. The third kappa shape index (κ3) is 4.10. The van der Waals surface area contributed by atoms with Crippen molar-refractivity contribution in [3.8, 4) is 29.5 Å². The number of halogens is 1. The summed E-state index contributed by atoms with van der Waals surface area (Å²) in [5, 5.41) is 40.9. The van der Waals surface area contributed by atoms with Crippen molar-refractivity contribution in [1.29, 1.82) is 10.5 Å². The Hall–Kier alpha value is -3.86. The van der Waals surface area contributed by atoms with Gasteiger partial charge in [-0.3, -0.25) is 0 Å². The second kappa shape index (κ2) is 8.66. The van der Waals surface area contributed by atoms with Crippen LogP contribution in [-0.4, -0.2) is 20.2 Å². The Balaban J connectivity index is 2.00. The van der Waals surface area contributed by atoms with Crippen molar-refractivity contribution >= 4 is 33.4 Å². The zero-order chi connectivity index (χ0) is 21.8. The maximum atomic E-state index is 10.2. The average molecular weight is 467 g/mol. The Morgan fingerprint density at radius 2 is 1.90 bits per heavy atom. The molecule has 0 radical (unpaired) electrons. The Labute approximate surface area is 180 Å². The molecule has 3 aromatic rings. The van der Waals surface area contributed by atoms with Gasteiger partial charge in [0.25, 0.3) is 0 Å². The molecule has 0 spiro atoms. The van der Waals surface area contributed by atoms with Gasteiger partial charge in [0.2, 0.25) is 11.8 Å². The highest BCUT2D eigenvalue weighted by Gasteiger charge is 2.20. The molecule has 9 nitrogen and oxygen atoms in total. The van der Waals surface area contributed by atoms with E-state index in [1.165, 1.54) is 6.07 Å². The first-order valence-corrected chi connectivity index (χ1v) is 9.31. The summed E-state index contributed by atoms with van der Waals surface area (Å²) in [5.74, 6) is 0.171. The minimum absolute atomic E-state index is 0.0216. The highest BCUT2D eigenvalue weighted by molar-refractivity contribution is 9.10. The van der Waals surface area contributed by atoms with Crippen LogP contribution in [0.4, 0.5) is 17.5 Å². The lowest BCUT2D eigenvalue weighted by atomic mass is 10.0. The summed E-state index contributed by atoms with van der Waals surface area (Å²) >= 11 is 3.28. The summed E-state index contributed by atoms with van der Waals surface area (Å²) in [6, 6.07) is 11.9. The molecule has 0 atom stereocenters. The molecule has 1 heterocycles. The second-order valence-corrected chi connectivity index (χ2v) is 6.92. The summed E-state index contributed by atoms with van der Waals surface area (Å²) in [6.45, 7) is 1.14. The number of nitrogens with one attached hydrogen (secondary N) is 1. The Morgan fingerprint density at radius 3 is 2.50 bits per heavy atom. The number of anilines is 3. The molecule has 0 bridgehead atoms. The molecule has 5 N–H and O–H groups in total. The first kappa shape index (κ1) is 20.9. The van der Waals surface area contributed by atoms with Crippen molar-refractivity contribution in [2.45, 2.75) is 13.5 Å². The van der Waals surface area contributed by atoms with Gasteiger partial charge in [0.15, 0.2) is 0 Å². The van der Waals surface area contributed by atoms with Crippen LogP contribution in [0, 0.1) is 29.6 Å². The van der Waals surface area contributed by atoms with Gasteiger partial charge >= 0.3 is 0 Å². The largest absolute Gasteiger partial charge is 0.506 e. The van der Waals surface area contributed by atoms with Crippen LogP contribution in [0.2, 0.25) is 0 Å². The Kier molecular flexibility index (Phi) is 6.02. The summed E-state index contributed by atoms with van der Waals surface area (Å²) in [4.78, 5) is 8.44. The molecule has 0 aliphatic heterocycles. The number of hydrogen-bond donors (Lipinski definition) is 4. The lowest BCUT2D eigenvalue weighted by Crippen LogP contribution is -2.05. The van der Waals surface area contributed by atoms with Gasteiger partial charge in [0, 0.05) is 16.8 Å². The minimum Gasteiger partial charge on any atom is -0.506 e. The molecule has 3 rings (SSSR count). The molecular formula is C20H15BrN6O3. The number of aromatic nitrogens is 2. The van der Waals surface area contributed by atoms with Gasteiger partial charge in [0.1, 0.15) is 27.9 Å². The Morgan fingerprint density at radius 1 is 1.20 bits per heavy atom. The highest BCUT2D eigenvalue weighted by Crippen LogP contribution is 2.39. The normalized spacial score (nSPS) is 10.2. The molecule has 0 aliphatic rings. The number of phenols is 1. The number of hydrogen-bond acceptors (Lipinski definition) is 9. The van der Waals surface area contributed by atoms with Crippen LogP contribution in [0.3, 0.4) is 0 Å². The number of rotatable bonds is 5. The van der Waals surface area contributed by atoms with Crippen LogP contribution < -0.4 is 15.8 Å². The quantitative estimate of drug-likeness (QED) is 0.439. The molecule has 10 heteroatoms. The van der Waals surface area contributed by atoms with Gasteiger partial charge in [-0.25, -0.2) is 0 Å². The van der Waals surface area contributed by atoms with E-state index >= 15 is 0 Å². The van der Waals surface area contributed by atoms with E-state index in [0.717, 1.165) is 0 Å². The molecule has 0 aliphatic carbocycles. The maximum Gasteiger partial charge on any atom is 0.240 e. The summed E-state index contributed by atoms with van der Waals surface area (Å²) in [7, 11) is 0. The number of phenolic OH excluding ortho intramolecular Hbond substituents is 1. The molecule has 0 saturated heterocycles. The van der Waals surface area contributed by atoms with Gasteiger partial charge in [-0.1, -0.05) is 0 Å². The van der Waals surface area contributed by atoms with Gasteiger partial charge in [-0.2, -0.15) is 20.5 Å². The van der Waals surface area contributed by atoms with Crippen molar-refractivity contribution in [3.63, 3.8) is 0 Å². The van der Waals surface area contributed by atoms with E-state index in [1.807, 2.05) is 12.1 Å². The number of nitrogens with two attached hydrogens (primary N) is 1. The van der Waals surface area contributed by atoms with E-state index in [2.05, 4.69) is 31.2 Å². The number of nitrogens with zero attached hydrogens (tertiary/aromatic N) is 4. The van der Waals surface area contributed by atoms with E-state index in [0.29, 0.717) is 16.8 Å². The van der Waals surface area contributed by atoms with E-state index < -0.39 is 6.61 Å². The van der Waals surface area contributed by atoms with Crippen molar-refractivity contribution in [2.24, 2.45) is 0 Å². The summed E-state index contributed by atoms with van der Waals surface area (Å²) < 4.78 is 6.13. The van der Waals surface area contributed by atoms with Crippen LogP contribution in [0.15, 0.2) is 34.8 Å². The fraction of sp³-hybridized carbons (Fsp3) is 0.100. The zero-order valence-corrected chi connectivity index (χ0v) is 17.2. The molecule has 2 aromatic carbocycles. The maximum absolute atomic E-state index is 10.2. The van der Waals surface area contributed by atoms with Crippen molar-refractivity contribution < 1.29 is 14.9 Å². The molecule has 0 saturated carbocycles. The van der Waals surface area contributed by atoms with Crippen LogP contribution in [0.5, 0.6) is 17.4 Å². The number of nitrogen functional groups attached to an aromatic ring is 1. The third-order valence-corrected chi connectivity index (χ3v) is 4.91. The number of nitriles is 2. The average Bonchev–Trinajstić information content (AvgIpc) is 2.75. The molecule has 0 fully saturated rings. The predicted octanol–water partition coefficient (Wildman–Crippen LogP) is 3.61. The Bertz CT molecular complexity index is 1200. The molecule has 0 amide bonds. The van der Waals surface area contributed by atoms with Crippen molar-refractivity contribution in [2.75, 3.05) is 11.1 Å². The molecule has 150 valence electrons. The van der Waals surface area contributed by atoms with Crippen molar-refractivity contribution in [3.05, 3.63) is 57.1 Å². The number of aliphatic hydroxyl groups excluding tert-OH is 1. The summed E-state index contributed by atoms with van der Waals surface area (Å²) in [6.07, 6.45) is 0. The van der Waals surface area contributed by atoms with Crippen LogP contribution in [0.1, 0.15) is 22.3 Å². The number of aliphatic hydroxyl groups is 1. The summed E-state index contributed by atoms with van der Waals surface area (Å²) in [5.41, 5.74) is 7.68. The SMILES string of the molecule is Cc1c(O)c(C#N)cc(CO)c1Oc1nc(Nc2ccc(C#N)cc2)nc(N)c1Br. The van der Waals surface area contributed by atoms with Crippen molar-refractivity contribution in [1.82, 2.24) is 9.97 Å². The fourth-order valence-electron chi connectivity index (χ4n) is 2.62. The van der Waals surface area contributed by atoms with Gasteiger partial charge in [-0.05, 0) is 53.2 Å². The van der Waals surface area contributed by atoms with Gasteiger partial charge in [-0.15, -0.1) is 0 Å². The molecule has 0 unspecified atom stereocenters. The second-order valence-electron chi connectivity index (χ2n) is 6.12. The predicted molar refractivity (Wildman–Crippen MR) is 112 cm³/mol. The fourth-order valence-corrected chi connectivity index (χ4v) is 2.88. The first-order valence-electron chi connectivity index (χ1n) is 8.52. The number of ether oxygens (including phenoxy) is 1. The molecular weight excluding hydrogens is 452 g/mol. The van der Waals surface area contributed by atoms with E-state index in [-0.39, 0.29) is 44.7 Å². The van der Waals surface area contributed by atoms with Gasteiger partial charge < -0.3 is 26.0 Å². The lowest BCUT2D eigenvalue weighted by molar-refractivity contribution is 0.275. The number of benzene rings is 2. The zero-order valence-electron chi connectivity index (χ0n) is 15.6. The van der Waals surface area contributed by atoms with E-state index in [4.69, 9.17) is 21.0 Å². The van der Waals surface area contributed by atoms with Crippen LogP contribution in [-0.2, 0) is 6.61 Å². The number of aromatic hydroxyl groups is 1. The monoisotopic (exact) mass is 466 g/mol. The van der Waals surface area contributed by atoms with Crippen LogP contribution in [0.25, 0.3) is 0 Å². The highest BCUT2D eigenvalue weighted by atomic mass is 79.9. The third-order valence-electron chi connectivity index (χ3n) is 4.17.